The Hall–Kier alpha value is -2.98. The second-order valence-electron chi connectivity index (χ2n) is 7.74. The molecule has 1 aliphatic heterocycles. The van der Waals surface area contributed by atoms with E-state index in [2.05, 4.69) is 16.0 Å². The fourth-order valence-electron chi connectivity index (χ4n) is 3.27. The molecule has 0 unspecified atom stereocenters. The number of nitrogens with one attached hydrogen (secondary N) is 3. The Balaban J connectivity index is 1.67. The zero-order valence-electron chi connectivity index (χ0n) is 18.3. The summed E-state index contributed by atoms with van der Waals surface area (Å²) in [5, 5.41) is 43.6. The number of primary sulfonamides is 1. The maximum absolute atomic E-state index is 12.7. The van der Waals surface area contributed by atoms with E-state index in [9.17, 15) is 33.3 Å². The Morgan fingerprint density at radius 3 is 2.23 bits per heavy atom. The standard InChI is InChI=1S/C21H24N4O8S2/c1-10(26)11-3-2-4-13(9-11)23-19(30)18-16(28)15(27)17(29)20(33-18)25-21(34)24-12-5-7-14(8-6-12)35(22,31)32/h2-9,15-18,20,27-29H,1H3,(H,23,30)(H2,22,31,32)(H2,24,25,34)/t15-,16-,17+,18-,20+/m0/s1. The molecule has 0 bridgehead atoms. The number of carbonyl (C=O) groups is 2. The van der Waals surface area contributed by atoms with Crippen molar-refractivity contribution in [1.82, 2.24) is 5.32 Å². The molecule has 1 fully saturated rings. The van der Waals surface area contributed by atoms with E-state index in [-0.39, 0.29) is 21.5 Å². The van der Waals surface area contributed by atoms with E-state index < -0.39 is 46.6 Å². The van der Waals surface area contributed by atoms with Gasteiger partial charge in [0, 0.05) is 16.9 Å². The number of thiocarbonyl (C=S) groups is 1. The summed E-state index contributed by atoms with van der Waals surface area (Å²) in [6.45, 7) is 1.37. The molecular weight excluding hydrogens is 500 g/mol. The summed E-state index contributed by atoms with van der Waals surface area (Å²) in [6.07, 6.45) is -8.15. The Labute approximate surface area is 206 Å². The number of amides is 1. The second-order valence-corrected chi connectivity index (χ2v) is 9.71. The average molecular weight is 525 g/mol. The smallest absolute Gasteiger partial charge is 0.256 e. The first-order chi connectivity index (χ1) is 16.4. The first-order valence-electron chi connectivity index (χ1n) is 10.2. The van der Waals surface area contributed by atoms with Gasteiger partial charge in [0.25, 0.3) is 5.91 Å². The van der Waals surface area contributed by atoms with Gasteiger partial charge in [0.15, 0.2) is 23.2 Å². The lowest BCUT2D eigenvalue weighted by atomic mass is 9.97. The van der Waals surface area contributed by atoms with Gasteiger partial charge in [-0.15, -0.1) is 0 Å². The highest BCUT2D eigenvalue weighted by Crippen LogP contribution is 2.22. The van der Waals surface area contributed by atoms with Gasteiger partial charge in [0.05, 0.1) is 4.90 Å². The van der Waals surface area contributed by atoms with Crippen molar-refractivity contribution in [3.63, 3.8) is 0 Å². The molecule has 5 atom stereocenters. The van der Waals surface area contributed by atoms with Gasteiger partial charge in [-0.25, -0.2) is 13.6 Å². The number of nitrogens with two attached hydrogens (primary N) is 1. The summed E-state index contributed by atoms with van der Waals surface area (Å²) in [5.74, 6) is -1.04. The van der Waals surface area contributed by atoms with Gasteiger partial charge in [0.2, 0.25) is 10.0 Å². The molecule has 2 aromatic carbocycles. The second kappa shape index (κ2) is 10.7. The number of rotatable bonds is 6. The highest BCUT2D eigenvalue weighted by molar-refractivity contribution is 7.89. The van der Waals surface area contributed by atoms with E-state index in [1.54, 1.807) is 12.1 Å². The molecule has 3 rings (SSSR count). The number of hydrogen-bond donors (Lipinski definition) is 7. The van der Waals surface area contributed by atoms with Gasteiger partial charge in [-0.3, -0.25) is 9.59 Å². The third-order valence-electron chi connectivity index (χ3n) is 5.12. The van der Waals surface area contributed by atoms with E-state index in [0.29, 0.717) is 11.3 Å². The third-order valence-corrected chi connectivity index (χ3v) is 6.27. The van der Waals surface area contributed by atoms with Gasteiger partial charge in [0.1, 0.15) is 18.3 Å². The van der Waals surface area contributed by atoms with Crippen molar-refractivity contribution < 1.29 is 38.1 Å². The molecule has 1 aliphatic rings. The largest absolute Gasteiger partial charge is 0.387 e. The van der Waals surface area contributed by atoms with Crippen LogP contribution in [0.2, 0.25) is 0 Å². The first-order valence-corrected chi connectivity index (χ1v) is 12.1. The molecule has 0 spiro atoms. The molecule has 0 aliphatic carbocycles. The highest BCUT2D eigenvalue weighted by Gasteiger charge is 2.47. The van der Waals surface area contributed by atoms with Crippen LogP contribution in [0.3, 0.4) is 0 Å². The highest BCUT2D eigenvalue weighted by atomic mass is 32.2. The summed E-state index contributed by atoms with van der Waals surface area (Å²) in [6, 6.07) is 11.4. The van der Waals surface area contributed by atoms with Gasteiger partial charge in [-0.1, -0.05) is 12.1 Å². The molecule has 188 valence electrons. The maximum Gasteiger partial charge on any atom is 0.256 e. The zero-order chi connectivity index (χ0) is 25.9. The summed E-state index contributed by atoms with van der Waals surface area (Å²) < 4.78 is 28.2. The van der Waals surface area contributed by atoms with E-state index in [0.717, 1.165) is 0 Å². The SMILES string of the molecule is CC(=O)c1cccc(NC(=O)[C@H]2O[C@@H](NC(=S)Nc3ccc(S(N)(=O)=O)cc3)[C@H](O)[C@@H](O)[C@@H]2O)c1. The minimum Gasteiger partial charge on any atom is -0.387 e. The number of aliphatic hydroxyl groups excluding tert-OH is 3. The van der Waals surface area contributed by atoms with E-state index >= 15 is 0 Å². The minimum absolute atomic E-state index is 0.0886. The number of anilines is 2. The molecule has 35 heavy (non-hydrogen) atoms. The summed E-state index contributed by atoms with van der Waals surface area (Å²) in [5.41, 5.74) is 1.00. The predicted molar refractivity (Wildman–Crippen MR) is 129 cm³/mol. The van der Waals surface area contributed by atoms with Crippen LogP contribution in [-0.4, -0.2) is 71.2 Å². The number of benzene rings is 2. The van der Waals surface area contributed by atoms with Crippen LogP contribution < -0.4 is 21.1 Å². The van der Waals surface area contributed by atoms with Gasteiger partial charge in [-0.2, -0.15) is 0 Å². The number of ether oxygens (including phenoxy) is 1. The summed E-state index contributed by atoms with van der Waals surface area (Å²) in [7, 11) is -3.87. The van der Waals surface area contributed by atoms with Crippen molar-refractivity contribution in [2.75, 3.05) is 10.6 Å². The van der Waals surface area contributed by atoms with Crippen molar-refractivity contribution in [1.29, 1.82) is 0 Å². The molecule has 0 saturated carbocycles. The van der Waals surface area contributed by atoms with Crippen LogP contribution in [0.5, 0.6) is 0 Å². The number of sulfonamides is 1. The number of aliphatic hydroxyl groups is 3. The molecule has 1 heterocycles. The molecule has 1 saturated heterocycles. The normalized spacial score (nSPS) is 24.3. The molecule has 8 N–H and O–H groups in total. The topological polar surface area (TPSA) is 200 Å². The summed E-state index contributed by atoms with van der Waals surface area (Å²) >= 11 is 5.16. The van der Waals surface area contributed by atoms with Crippen LogP contribution >= 0.6 is 12.2 Å². The Kier molecular flexibility index (Phi) is 8.17. The van der Waals surface area contributed by atoms with E-state index in [1.165, 1.54) is 43.3 Å². The van der Waals surface area contributed by atoms with Crippen LogP contribution in [0.15, 0.2) is 53.4 Å². The molecule has 14 heteroatoms. The number of Topliss-reactive ketones (excluding diaryl/α,β-unsaturated/α-hetero) is 1. The fraction of sp³-hybridized carbons (Fsp3) is 0.286. The number of carbonyl (C=O) groups excluding carboxylic acids is 2. The van der Waals surface area contributed by atoms with Gasteiger partial charge < -0.3 is 36.0 Å². The monoisotopic (exact) mass is 524 g/mol. The van der Waals surface area contributed by atoms with E-state index in [4.69, 9.17) is 22.1 Å². The minimum atomic E-state index is -3.87. The molecule has 0 aromatic heterocycles. The van der Waals surface area contributed by atoms with Crippen molar-refractivity contribution in [3.8, 4) is 0 Å². The molecular formula is C21H24N4O8S2. The van der Waals surface area contributed by atoms with Gasteiger partial charge >= 0.3 is 0 Å². The lowest BCUT2D eigenvalue weighted by Gasteiger charge is -2.40. The van der Waals surface area contributed by atoms with Crippen LogP contribution in [0.25, 0.3) is 0 Å². The number of ketones is 1. The Morgan fingerprint density at radius 2 is 1.63 bits per heavy atom. The Bertz CT molecular complexity index is 1220. The molecule has 1 amide bonds. The van der Waals surface area contributed by atoms with Crippen LogP contribution in [-0.2, 0) is 19.6 Å². The van der Waals surface area contributed by atoms with Crippen LogP contribution in [0.1, 0.15) is 17.3 Å². The average Bonchev–Trinajstić information content (AvgIpc) is 2.79. The van der Waals surface area contributed by atoms with Crippen LogP contribution in [0, 0.1) is 0 Å². The van der Waals surface area contributed by atoms with Gasteiger partial charge in [-0.05, 0) is 55.5 Å². The van der Waals surface area contributed by atoms with E-state index in [1.807, 2.05) is 0 Å². The lowest BCUT2D eigenvalue weighted by Crippen LogP contribution is -2.65. The van der Waals surface area contributed by atoms with Crippen molar-refractivity contribution in [2.24, 2.45) is 5.14 Å². The van der Waals surface area contributed by atoms with Crippen LogP contribution in [0.4, 0.5) is 11.4 Å². The Morgan fingerprint density at radius 1 is 0.971 bits per heavy atom. The van der Waals surface area contributed by atoms with Crippen molar-refractivity contribution >= 4 is 50.4 Å². The zero-order valence-corrected chi connectivity index (χ0v) is 19.9. The molecule has 2 aromatic rings. The van der Waals surface area contributed by atoms with Crippen molar-refractivity contribution in [2.45, 2.75) is 42.5 Å². The third kappa shape index (κ3) is 6.58. The first kappa shape index (κ1) is 26.6. The number of hydrogen-bond acceptors (Lipinski definition) is 9. The van der Waals surface area contributed by atoms with Crippen molar-refractivity contribution in [3.05, 3.63) is 54.1 Å². The lowest BCUT2D eigenvalue weighted by molar-refractivity contribution is -0.221. The molecule has 12 nitrogen and oxygen atoms in total. The quantitative estimate of drug-likeness (QED) is 0.186. The predicted octanol–water partition coefficient (Wildman–Crippen LogP) is -0.731. The fourth-order valence-corrected chi connectivity index (χ4v) is 4.02. The molecule has 0 radical (unpaired) electrons. The maximum atomic E-state index is 12.7. The summed E-state index contributed by atoms with van der Waals surface area (Å²) in [4.78, 5) is 24.2.